The molecule has 9 heteroatoms. The number of nitrogens with zero attached hydrogens (tertiary/aromatic N) is 5. The Labute approximate surface area is 201 Å². The maximum atomic E-state index is 15.2. The van der Waals surface area contributed by atoms with E-state index in [0.717, 1.165) is 36.9 Å². The van der Waals surface area contributed by atoms with Crippen LogP contribution < -0.4 is 14.4 Å². The van der Waals surface area contributed by atoms with Gasteiger partial charge < -0.3 is 18.9 Å². The smallest absolute Gasteiger partial charge is 0.265 e. The van der Waals surface area contributed by atoms with Gasteiger partial charge in [-0.1, -0.05) is 6.07 Å². The molecule has 2 aromatic heterocycles. The van der Waals surface area contributed by atoms with Crippen molar-refractivity contribution < 1.29 is 18.7 Å². The highest BCUT2D eigenvalue weighted by Crippen LogP contribution is 2.46. The van der Waals surface area contributed by atoms with Crippen LogP contribution in [0.25, 0.3) is 33.4 Å². The second-order valence-electron chi connectivity index (χ2n) is 8.81. The van der Waals surface area contributed by atoms with Gasteiger partial charge in [0.05, 0.1) is 25.3 Å². The van der Waals surface area contributed by atoms with E-state index in [4.69, 9.17) is 9.47 Å². The molecule has 1 fully saturated rings. The van der Waals surface area contributed by atoms with Crippen molar-refractivity contribution in [3.8, 4) is 33.8 Å². The van der Waals surface area contributed by atoms with E-state index >= 15 is 4.39 Å². The summed E-state index contributed by atoms with van der Waals surface area (Å²) in [4.78, 5) is 18.9. The SMILES string of the molecule is CCn1cnc2c(-c3ccc(F)c(-c4cc5c(cc4OC)N(C4CCC4)C(=O)CO5)c3)cnnc21. The normalized spacial score (nSPS) is 15.6. The van der Waals surface area contributed by atoms with Crippen molar-refractivity contribution in [3.05, 3.63) is 48.7 Å². The Morgan fingerprint density at radius 2 is 2.03 bits per heavy atom. The average molecular weight is 474 g/mol. The third-order valence-electron chi connectivity index (χ3n) is 6.91. The number of amides is 1. The van der Waals surface area contributed by atoms with Crippen LogP contribution >= 0.6 is 0 Å². The number of ether oxygens (including phenoxy) is 2. The summed E-state index contributed by atoms with van der Waals surface area (Å²) in [6.45, 7) is 2.70. The first-order valence-corrected chi connectivity index (χ1v) is 11.7. The molecule has 0 saturated heterocycles. The number of carbonyl (C=O) groups excluding carboxylic acids is 1. The van der Waals surface area contributed by atoms with Crippen LogP contribution in [-0.4, -0.2) is 45.4 Å². The second kappa shape index (κ2) is 8.33. The molecule has 35 heavy (non-hydrogen) atoms. The van der Waals surface area contributed by atoms with E-state index in [-0.39, 0.29) is 18.6 Å². The summed E-state index contributed by atoms with van der Waals surface area (Å²) in [5.41, 5.74) is 4.48. The molecule has 0 spiro atoms. The van der Waals surface area contributed by atoms with Crippen LogP contribution in [0.1, 0.15) is 26.2 Å². The molecular weight excluding hydrogens is 449 g/mol. The molecule has 2 aromatic carbocycles. The summed E-state index contributed by atoms with van der Waals surface area (Å²) < 4.78 is 28.6. The Balaban J connectivity index is 1.48. The highest BCUT2D eigenvalue weighted by atomic mass is 19.1. The van der Waals surface area contributed by atoms with Gasteiger partial charge in [0.1, 0.15) is 22.8 Å². The predicted molar refractivity (Wildman–Crippen MR) is 129 cm³/mol. The monoisotopic (exact) mass is 473 g/mol. The lowest BCUT2D eigenvalue weighted by molar-refractivity contribution is -0.122. The molecule has 8 nitrogen and oxygen atoms in total. The summed E-state index contributed by atoms with van der Waals surface area (Å²) in [6, 6.07) is 8.61. The molecule has 3 heterocycles. The maximum Gasteiger partial charge on any atom is 0.265 e. The zero-order chi connectivity index (χ0) is 24.1. The van der Waals surface area contributed by atoms with Gasteiger partial charge in [-0.25, -0.2) is 9.37 Å². The van der Waals surface area contributed by atoms with Gasteiger partial charge in [0.25, 0.3) is 5.91 Å². The van der Waals surface area contributed by atoms with Gasteiger partial charge in [0.2, 0.25) is 0 Å². The van der Waals surface area contributed by atoms with Crippen LogP contribution in [0.2, 0.25) is 0 Å². The first-order valence-electron chi connectivity index (χ1n) is 11.7. The topological polar surface area (TPSA) is 82.4 Å². The van der Waals surface area contributed by atoms with Gasteiger partial charge in [0.15, 0.2) is 12.3 Å². The number of hydrogen-bond donors (Lipinski definition) is 0. The third-order valence-corrected chi connectivity index (χ3v) is 6.91. The Morgan fingerprint density at radius 3 is 2.77 bits per heavy atom. The maximum absolute atomic E-state index is 15.2. The van der Waals surface area contributed by atoms with Crippen molar-refractivity contribution in [2.24, 2.45) is 0 Å². The number of anilines is 1. The molecule has 2 aliphatic rings. The standard InChI is InChI=1S/C26H24FN5O3/c1-3-31-14-28-25-19(12-29-30-26(25)31)15-7-8-20(27)17(9-15)18-10-23-21(11-22(18)34-2)32(16-5-4-6-16)24(33)13-35-23/h7-12,14,16H,3-6,13H2,1-2H3. The van der Waals surface area contributed by atoms with Crippen molar-refractivity contribution >= 4 is 22.8 Å². The lowest BCUT2D eigenvalue weighted by Gasteiger charge is -2.40. The van der Waals surface area contributed by atoms with Crippen LogP contribution in [0.3, 0.4) is 0 Å². The van der Waals surface area contributed by atoms with Gasteiger partial charge >= 0.3 is 0 Å². The number of benzene rings is 2. The lowest BCUT2D eigenvalue weighted by Crippen LogP contribution is -2.48. The fourth-order valence-electron chi connectivity index (χ4n) is 4.84. The first kappa shape index (κ1) is 21.5. The molecule has 1 saturated carbocycles. The highest BCUT2D eigenvalue weighted by Gasteiger charge is 2.36. The van der Waals surface area contributed by atoms with Crippen molar-refractivity contribution in [2.45, 2.75) is 38.8 Å². The number of hydrogen-bond acceptors (Lipinski definition) is 6. The molecular formula is C26H24FN5O3. The number of methoxy groups -OCH3 is 1. The van der Waals surface area contributed by atoms with Gasteiger partial charge in [-0.2, -0.15) is 5.10 Å². The van der Waals surface area contributed by atoms with Crippen molar-refractivity contribution in [1.29, 1.82) is 0 Å². The molecule has 1 amide bonds. The number of halogens is 1. The van der Waals surface area contributed by atoms with Crippen molar-refractivity contribution in [3.63, 3.8) is 0 Å². The van der Waals surface area contributed by atoms with Gasteiger partial charge in [-0.15, -0.1) is 5.10 Å². The van der Waals surface area contributed by atoms with Gasteiger partial charge in [0, 0.05) is 35.3 Å². The zero-order valence-electron chi connectivity index (χ0n) is 19.5. The van der Waals surface area contributed by atoms with Crippen LogP contribution in [0, 0.1) is 5.82 Å². The molecule has 178 valence electrons. The van der Waals surface area contributed by atoms with Crippen LogP contribution in [-0.2, 0) is 11.3 Å². The Hall–Kier alpha value is -4.01. The molecule has 6 rings (SSSR count). The number of aromatic nitrogens is 4. The molecule has 0 N–H and O–H groups in total. The van der Waals surface area contributed by atoms with E-state index in [0.29, 0.717) is 39.5 Å². The highest BCUT2D eigenvalue weighted by molar-refractivity contribution is 6.00. The Morgan fingerprint density at radius 1 is 1.17 bits per heavy atom. The number of aryl methyl sites for hydroxylation is 1. The quantitative estimate of drug-likeness (QED) is 0.421. The summed E-state index contributed by atoms with van der Waals surface area (Å²) in [5.74, 6) is 0.556. The fraction of sp³-hybridized carbons (Fsp3) is 0.308. The number of fused-ring (bicyclic) bond motifs is 2. The molecule has 0 unspecified atom stereocenters. The largest absolute Gasteiger partial charge is 0.496 e. The summed E-state index contributed by atoms with van der Waals surface area (Å²) in [7, 11) is 1.54. The second-order valence-corrected chi connectivity index (χ2v) is 8.81. The number of rotatable bonds is 5. The van der Waals surface area contributed by atoms with E-state index in [1.54, 1.807) is 43.9 Å². The van der Waals surface area contributed by atoms with Gasteiger partial charge in [-0.05, 0) is 49.9 Å². The number of imidazole rings is 1. The minimum atomic E-state index is -0.396. The molecule has 4 aromatic rings. The minimum absolute atomic E-state index is 0.0292. The fourth-order valence-corrected chi connectivity index (χ4v) is 4.84. The summed E-state index contributed by atoms with van der Waals surface area (Å²) >= 11 is 0. The number of carbonyl (C=O) groups is 1. The van der Waals surface area contributed by atoms with Crippen LogP contribution in [0.15, 0.2) is 42.9 Å². The Kier molecular flexibility index (Phi) is 5.12. The predicted octanol–water partition coefficient (Wildman–Crippen LogP) is 4.61. The van der Waals surface area contributed by atoms with E-state index in [1.165, 1.54) is 6.07 Å². The average Bonchev–Trinajstić information content (AvgIpc) is 3.28. The van der Waals surface area contributed by atoms with Crippen LogP contribution in [0.5, 0.6) is 11.5 Å². The molecule has 0 radical (unpaired) electrons. The van der Waals surface area contributed by atoms with E-state index in [1.807, 2.05) is 16.4 Å². The van der Waals surface area contributed by atoms with Crippen molar-refractivity contribution in [1.82, 2.24) is 19.7 Å². The molecule has 0 bridgehead atoms. The van der Waals surface area contributed by atoms with E-state index in [9.17, 15) is 4.79 Å². The molecule has 1 aliphatic carbocycles. The summed E-state index contributed by atoms with van der Waals surface area (Å²) in [6.07, 6.45) is 6.40. The third kappa shape index (κ3) is 3.41. The first-order chi connectivity index (χ1) is 17.1. The van der Waals surface area contributed by atoms with Crippen molar-refractivity contribution in [2.75, 3.05) is 18.6 Å². The lowest BCUT2D eigenvalue weighted by atomic mass is 9.90. The van der Waals surface area contributed by atoms with Crippen LogP contribution in [0.4, 0.5) is 10.1 Å². The van der Waals surface area contributed by atoms with E-state index < -0.39 is 5.82 Å². The van der Waals surface area contributed by atoms with E-state index in [2.05, 4.69) is 15.2 Å². The van der Waals surface area contributed by atoms with Gasteiger partial charge in [-0.3, -0.25) is 4.79 Å². The molecule has 0 atom stereocenters. The Bertz CT molecular complexity index is 1460. The summed E-state index contributed by atoms with van der Waals surface area (Å²) in [5, 5.41) is 8.36. The zero-order valence-corrected chi connectivity index (χ0v) is 19.5. The molecule has 1 aliphatic heterocycles. The minimum Gasteiger partial charge on any atom is -0.496 e.